The van der Waals surface area contributed by atoms with Crippen LogP contribution in [0.15, 0.2) is 33.7 Å². The van der Waals surface area contributed by atoms with Crippen molar-refractivity contribution in [3.05, 3.63) is 41.8 Å². The van der Waals surface area contributed by atoms with E-state index in [1.54, 1.807) is 6.07 Å². The van der Waals surface area contributed by atoms with Crippen molar-refractivity contribution in [3.63, 3.8) is 0 Å². The molecule has 4 nitrogen and oxygen atoms in total. The van der Waals surface area contributed by atoms with Gasteiger partial charge in [0.25, 0.3) is 0 Å². The van der Waals surface area contributed by atoms with Crippen molar-refractivity contribution in [1.82, 2.24) is 10.1 Å². The number of hydrogen-bond donors (Lipinski definition) is 1. The summed E-state index contributed by atoms with van der Waals surface area (Å²) in [5.74, 6) is 1.69. The number of nitrogens with two attached hydrogens (primary N) is 1. The van der Waals surface area contributed by atoms with Gasteiger partial charge in [-0.1, -0.05) is 24.1 Å². The molecule has 0 bridgehead atoms. The van der Waals surface area contributed by atoms with Gasteiger partial charge in [0.2, 0.25) is 5.89 Å². The zero-order chi connectivity index (χ0) is 14.9. The van der Waals surface area contributed by atoms with Crippen LogP contribution in [0.3, 0.4) is 0 Å². The van der Waals surface area contributed by atoms with Crippen LogP contribution in [0.25, 0.3) is 0 Å². The molecular weight excluding hydrogens is 289 g/mol. The highest BCUT2D eigenvalue weighted by molar-refractivity contribution is 7.98. The highest BCUT2D eigenvalue weighted by Gasteiger charge is 2.07. The standard InChI is InChI=1S/C15H20FN3OS/c16-12-6-5-7-13(10-12)21-11-14-18-15(20-19-14)8-3-1-2-4-9-17/h5-7,10H,1-4,8-9,11,17H2. The minimum Gasteiger partial charge on any atom is -0.339 e. The lowest BCUT2D eigenvalue weighted by molar-refractivity contribution is 0.370. The molecule has 2 aromatic rings. The number of halogens is 1. The third kappa shape index (κ3) is 5.85. The van der Waals surface area contributed by atoms with Gasteiger partial charge in [-0.2, -0.15) is 4.98 Å². The summed E-state index contributed by atoms with van der Waals surface area (Å²) in [6.45, 7) is 0.752. The van der Waals surface area contributed by atoms with Crippen molar-refractivity contribution in [2.24, 2.45) is 5.73 Å². The lowest BCUT2D eigenvalue weighted by Gasteiger charge is -1.98. The zero-order valence-electron chi connectivity index (χ0n) is 11.9. The maximum absolute atomic E-state index is 13.1. The largest absolute Gasteiger partial charge is 0.339 e. The molecule has 114 valence electrons. The Hall–Kier alpha value is -1.40. The molecule has 0 saturated carbocycles. The van der Waals surface area contributed by atoms with Crippen LogP contribution < -0.4 is 5.73 Å². The van der Waals surface area contributed by atoms with Gasteiger partial charge >= 0.3 is 0 Å². The Morgan fingerprint density at radius 1 is 1.19 bits per heavy atom. The highest BCUT2D eigenvalue weighted by atomic mass is 32.2. The van der Waals surface area contributed by atoms with Crippen LogP contribution in [0.2, 0.25) is 0 Å². The fourth-order valence-electron chi connectivity index (χ4n) is 1.93. The first kappa shape index (κ1) is 16.0. The molecule has 0 fully saturated rings. The lowest BCUT2D eigenvalue weighted by atomic mass is 10.1. The van der Waals surface area contributed by atoms with Crippen molar-refractivity contribution < 1.29 is 8.91 Å². The molecule has 0 atom stereocenters. The van der Waals surface area contributed by atoms with Gasteiger partial charge in [-0.05, 0) is 37.6 Å². The second-order valence-electron chi connectivity index (χ2n) is 4.80. The van der Waals surface area contributed by atoms with E-state index in [9.17, 15) is 4.39 Å². The Balaban J connectivity index is 1.72. The predicted octanol–water partition coefficient (Wildman–Crippen LogP) is 3.56. The second-order valence-corrected chi connectivity index (χ2v) is 5.85. The van der Waals surface area contributed by atoms with E-state index >= 15 is 0 Å². The number of hydrogen-bond acceptors (Lipinski definition) is 5. The zero-order valence-corrected chi connectivity index (χ0v) is 12.7. The minimum atomic E-state index is -0.230. The van der Waals surface area contributed by atoms with Gasteiger partial charge in [-0.25, -0.2) is 4.39 Å². The summed E-state index contributed by atoms with van der Waals surface area (Å²) in [5.41, 5.74) is 5.45. The lowest BCUT2D eigenvalue weighted by Crippen LogP contribution is -1.97. The molecule has 2 rings (SSSR count). The fourth-order valence-corrected chi connectivity index (χ4v) is 2.71. The van der Waals surface area contributed by atoms with Crippen molar-refractivity contribution >= 4 is 11.8 Å². The first-order valence-electron chi connectivity index (χ1n) is 7.18. The maximum Gasteiger partial charge on any atom is 0.226 e. The Bertz CT molecular complexity index is 547. The minimum absolute atomic E-state index is 0.230. The Morgan fingerprint density at radius 3 is 2.86 bits per heavy atom. The van der Waals surface area contributed by atoms with Gasteiger partial charge in [0.15, 0.2) is 5.82 Å². The van der Waals surface area contributed by atoms with Gasteiger partial charge in [0.1, 0.15) is 5.82 Å². The van der Waals surface area contributed by atoms with E-state index in [2.05, 4.69) is 10.1 Å². The topological polar surface area (TPSA) is 64.9 Å². The van der Waals surface area contributed by atoms with Gasteiger partial charge in [-0.3, -0.25) is 0 Å². The van der Waals surface area contributed by atoms with Crippen LogP contribution >= 0.6 is 11.8 Å². The third-order valence-corrected chi connectivity index (χ3v) is 4.01. The smallest absolute Gasteiger partial charge is 0.226 e. The number of nitrogens with zero attached hydrogens (tertiary/aromatic N) is 2. The van der Waals surface area contributed by atoms with Crippen molar-refractivity contribution in [2.45, 2.75) is 42.8 Å². The number of aromatic nitrogens is 2. The summed E-state index contributed by atoms with van der Waals surface area (Å²) in [6, 6.07) is 6.50. The fraction of sp³-hybridized carbons (Fsp3) is 0.467. The number of benzene rings is 1. The molecule has 0 aliphatic carbocycles. The monoisotopic (exact) mass is 309 g/mol. The molecule has 0 aliphatic heterocycles. The van der Waals surface area contributed by atoms with E-state index in [1.807, 2.05) is 6.07 Å². The second kappa shape index (κ2) is 8.79. The van der Waals surface area contributed by atoms with E-state index in [-0.39, 0.29) is 5.82 Å². The quantitative estimate of drug-likeness (QED) is 0.567. The number of thioether (sulfide) groups is 1. The van der Waals surface area contributed by atoms with Crippen molar-refractivity contribution in [2.75, 3.05) is 6.54 Å². The van der Waals surface area contributed by atoms with E-state index < -0.39 is 0 Å². The molecule has 0 saturated heterocycles. The number of aryl methyl sites for hydroxylation is 1. The molecule has 1 aromatic heterocycles. The molecule has 0 amide bonds. The SMILES string of the molecule is NCCCCCCc1nc(CSc2cccc(F)c2)no1. The predicted molar refractivity (Wildman–Crippen MR) is 81.5 cm³/mol. The summed E-state index contributed by atoms with van der Waals surface area (Å²) >= 11 is 1.50. The van der Waals surface area contributed by atoms with Crippen molar-refractivity contribution in [3.8, 4) is 0 Å². The molecule has 2 N–H and O–H groups in total. The summed E-state index contributed by atoms with van der Waals surface area (Å²) in [6.07, 6.45) is 5.19. The highest BCUT2D eigenvalue weighted by Crippen LogP contribution is 2.22. The summed E-state index contributed by atoms with van der Waals surface area (Å²) in [5, 5.41) is 3.95. The van der Waals surface area contributed by atoms with Crippen LogP contribution in [0.4, 0.5) is 4.39 Å². The molecule has 0 unspecified atom stereocenters. The average molecular weight is 309 g/mol. The van der Waals surface area contributed by atoms with Crippen LogP contribution in [0.1, 0.15) is 37.4 Å². The van der Waals surface area contributed by atoms with Crippen molar-refractivity contribution in [1.29, 1.82) is 0 Å². The molecule has 0 radical (unpaired) electrons. The first-order chi connectivity index (χ1) is 10.3. The average Bonchev–Trinajstić information content (AvgIpc) is 2.93. The van der Waals surface area contributed by atoms with Gasteiger partial charge in [-0.15, -0.1) is 11.8 Å². The molecule has 1 heterocycles. The Kier molecular flexibility index (Phi) is 6.69. The maximum atomic E-state index is 13.1. The van der Waals surface area contributed by atoms with Gasteiger partial charge < -0.3 is 10.3 Å². The normalized spacial score (nSPS) is 11.0. The van der Waals surface area contributed by atoms with Gasteiger partial charge in [0, 0.05) is 11.3 Å². The number of rotatable bonds is 9. The van der Waals surface area contributed by atoms with E-state index in [0.717, 1.165) is 43.5 Å². The van der Waals surface area contributed by atoms with E-state index in [4.69, 9.17) is 10.3 Å². The van der Waals surface area contributed by atoms with Gasteiger partial charge in [0.05, 0.1) is 5.75 Å². The van der Waals surface area contributed by atoms with E-state index in [1.165, 1.54) is 23.9 Å². The molecular formula is C15H20FN3OS. The van der Waals surface area contributed by atoms with Crippen LogP contribution in [-0.2, 0) is 12.2 Å². The third-order valence-electron chi connectivity index (χ3n) is 3.02. The molecule has 0 spiro atoms. The van der Waals surface area contributed by atoms with Crippen LogP contribution in [-0.4, -0.2) is 16.7 Å². The Morgan fingerprint density at radius 2 is 2.05 bits per heavy atom. The summed E-state index contributed by atoms with van der Waals surface area (Å²) < 4.78 is 18.3. The molecule has 6 heteroatoms. The molecule has 21 heavy (non-hydrogen) atoms. The molecule has 1 aromatic carbocycles. The summed E-state index contributed by atoms with van der Waals surface area (Å²) in [7, 11) is 0. The van der Waals surface area contributed by atoms with Crippen LogP contribution in [0, 0.1) is 5.82 Å². The van der Waals surface area contributed by atoms with Crippen LogP contribution in [0.5, 0.6) is 0 Å². The molecule has 0 aliphatic rings. The number of unbranched alkanes of at least 4 members (excludes halogenated alkanes) is 3. The summed E-state index contributed by atoms with van der Waals surface area (Å²) in [4.78, 5) is 5.21. The first-order valence-corrected chi connectivity index (χ1v) is 8.16. The van der Waals surface area contributed by atoms with E-state index in [0.29, 0.717) is 17.5 Å². The Labute approximate surface area is 128 Å².